The average Bonchev–Trinajstić information content (AvgIpc) is 2.56. The van der Waals surface area contributed by atoms with Crippen LogP contribution in [0.25, 0.3) is 0 Å². The highest BCUT2D eigenvalue weighted by atomic mass is 127. The van der Waals surface area contributed by atoms with Crippen molar-refractivity contribution in [1.29, 1.82) is 0 Å². The Labute approximate surface area is 160 Å². The van der Waals surface area contributed by atoms with Crippen LogP contribution in [0.5, 0.6) is 0 Å². The minimum Gasteiger partial charge on any atom is -0.379 e. The Morgan fingerprint density at radius 2 is 1.91 bits per heavy atom. The van der Waals surface area contributed by atoms with E-state index in [0.717, 1.165) is 68.9 Å². The highest BCUT2D eigenvalue weighted by Crippen LogP contribution is 2.14. The first kappa shape index (κ1) is 20.5. The minimum absolute atomic E-state index is 0. The van der Waals surface area contributed by atoms with Crippen molar-refractivity contribution >= 4 is 41.5 Å². The summed E-state index contributed by atoms with van der Waals surface area (Å²) < 4.78 is 5.34. The molecule has 0 atom stereocenters. The molecule has 7 heteroatoms. The summed E-state index contributed by atoms with van der Waals surface area (Å²) in [7, 11) is 1.79. The number of nitrogens with one attached hydrogen (secondary N) is 2. The fourth-order valence-electron chi connectivity index (χ4n) is 2.39. The van der Waals surface area contributed by atoms with Crippen LogP contribution in [-0.4, -0.2) is 63.8 Å². The number of hydrogen-bond donors (Lipinski definition) is 2. The van der Waals surface area contributed by atoms with Gasteiger partial charge in [-0.3, -0.25) is 9.89 Å². The van der Waals surface area contributed by atoms with Crippen LogP contribution in [0, 0.1) is 0 Å². The maximum Gasteiger partial charge on any atom is 0.191 e. The van der Waals surface area contributed by atoms with Gasteiger partial charge in [0, 0.05) is 44.8 Å². The zero-order chi connectivity index (χ0) is 15.6. The lowest BCUT2D eigenvalue weighted by Gasteiger charge is -2.26. The standard InChI is InChI=1S/C16H25ClN4O.HI/c1-18-16(20-8-9-21-10-12-22-13-11-21)19-7-6-14-4-2-3-5-15(14)17;/h2-5H,6-13H2,1H3,(H2,18,19,20);1H. The van der Waals surface area contributed by atoms with Gasteiger partial charge in [-0.05, 0) is 18.1 Å². The van der Waals surface area contributed by atoms with E-state index in [1.54, 1.807) is 7.05 Å². The van der Waals surface area contributed by atoms with E-state index >= 15 is 0 Å². The molecule has 2 N–H and O–H groups in total. The molecule has 1 saturated heterocycles. The zero-order valence-corrected chi connectivity index (χ0v) is 16.6. The molecular weight excluding hydrogens is 427 g/mol. The van der Waals surface area contributed by atoms with Crippen molar-refractivity contribution in [2.75, 3.05) is 53.0 Å². The third kappa shape index (κ3) is 7.69. The highest BCUT2D eigenvalue weighted by molar-refractivity contribution is 14.0. The second kappa shape index (κ2) is 11.9. The summed E-state index contributed by atoms with van der Waals surface area (Å²) in [5, 5.41) is 7.48. The number of benzene rings is 1. The number of guanidine groups is 1. The van der Waals surface area contributed by atoms with E-state index in [0.29, 0.717) is 0 Å². The van der Waals surface area contributed by atoms with Gasteiger partial charge >= 0.3 is 0 Å². The summed E-state index contributed by atoms with van der Waals surface area (Å²) in [5.41, 5.74) is 1.15. The van der Waals surface area contributed by atoms with Gasteiger partial charge in [-0.2, -0.15) is 0 Å². The molecule has 0 aromatic heterocycles. The van der Waals surface area contributed by atoms with Gasteiger partial charge in [-0.15, -0.1) is 24.0 Å². The molecule has 2 rings (SSSR count). The molecule has 0 radical (unpaired) electrons. The van der Waals surface area contributed by atoms with Crippen molar-refractivity contribution in [1.82, 2.24) is 15.5 Å². The van der Waals surface area contributed by atoms with Crippen LogP contribution < -0.4 is 10.6 Å². The second-order valence-electron chi connectivity index (χ2n) is 5.22. The molecule has 23 heavy (non-hydrogen) atoms. The maximum atomic E-state index is 6.15. The first-order valence-electron chi connectivity index (χ1n) is 7.77. The van der Waals surface area contributed by atoms with E-state index in [1.165, 1.54) is 0 Å². The van der Waals surface area contributed by atoms with Gasteiger partial charge in [0.1, 0.15) is 0 Å². The fraction of sp³-hybridized carbons (Fsp3) is 0.562. The third-order valence-corrected chi connectivity index (χ3v) is 4.06. The molecule has 0 spiro atoms. The summed E-state index contributed by atoms with van der Waals surface area (Å²) in [4.78, 5) is 6.64. The molecular formula is C16H26ClIN4O. The second-order valence-corrected chi connectivity index (χ2v) is 5.63. The fourth-order valence-corrected chi connectivity index (χ4v) is 2.62. The molecule has 0 unspecified atom stereocenters. The van der Waals surface area contributed by atoms with Gasteiger partial charge < -0.3 is 15.4 Å². The van der Waals surface area contributed by atoms with Crippen LogP contribution in [0.15, 0.2) is 29.3 Å². The minimum atomic E-state index is 0. The van der Waals surface area contributed by atoms with Crippen LogP contribution in [0.4, 0.5) is 0 Å². The van der Waals surface area contributed by atoms with Crippen molar-refractivity contribution in [3.05, 3.63) is 34.9 Å². The van der Waals surface area contributed by atoms with Gasteiger partial charge in [0.15, 0.2) is 5.96 Å². The lowest BCUT2D eigenvalue weighted by molar-refractivity contribution is 0.0389. The van der Waals surface area contributed by atoms with Gasteiger partial charge in [0.2, 0.25) is 0 Å². The normalized spacial score (nSPS) is 15.8. The summed E-state index contributed by atoms with van der Waals surface area (Å²) in [5.74, 6) is 0.834. The van der Waals surface area contributed by atoms with E-state index in [9.17, 15) is 0 Å². The summed E-state index contributed by atoms with van der Waals surface area (Å²) in [6.45, 7) is 6.40. The van der Waals surface area contributed by atoms with Crippen LogP contribution in [0.2, 0.25) is 5.02 Å². The van der Waals surface area contributed by atoms with Gasteiger partial charge in [-0.25, -0.2) is 0 Å². The number of nitrogens with zero attached hydrogens (tertiary/aromatic N) is 2. The summed E-state index contributed by atoms with van der Waals surface area (Å²) in [6, 6.07) is 7.94. The molecule has 1 aromatic rings. The Balaban J connectivity index is 0.00000264. The van der Waals surface area contributed by atoms with E-state index in [-0.39, 0.29) is 24.0 Å². The Morgan fingerprint density at radius 1 is 1.22 bits per heavy atom. The molecule has 1 aromatic carbocycles. The lowest BCUT2D eigenvalue weighted by atomic mass is 10.1. The molecule has 1 aliphatic rings. The van der Waals surface area contributed by atoms with Crippen LogP contribution in [0.1, 0.15) is 5.56 Å². The molecule has 0 saturated carbocycles. The van der Waals surface area contributed by atoms with Crippen LogP contribution in [-0.2, 0) is 11.2 Å². The first-order valence-corrected chi connectivity index (χ1v) is 8.15. The monoisotopic (exact) mass is 452 g/mol. The highest BCUT2D eigenvalue weighted by Gasteiger charge is 2.09. The summed E-state index contributed by atoms with van der Waals surface area (Å²) in [6.07, 6.45) is 0.879. The van der Waals surface area contributed by atoms with E-state index in [4.69, 9.17) is 16.3 Å². The van der Waals surface area contributed by atoms with Crippen molar-refractivity contribution in [2.45, 2.75) is 6.42 Å². The largest absolute Gasteiger partial charge is 0.379 e. The lowest BCUT2D eigenvalue weighted by Crippen LogP contribution is -2.44. The number of ether oxygens (including phenoxy) is 1. The quantitative estimate of drug-likeness (QED) is 0.394. The van der Waals surface area contributed by atoms with Crippen LogP contribution in [0.3, 0.4) is 0 Å². The van der Waals surface area contributed by atoms with E-state index in [1.807, 2.05) is 18.2 Å². The predicted molar refractivity (Wildman–Crippen MR) is 107 cm³/mol. The molecule has 1 heterocycles. The first-order chi connectivity index (χ1) is 10.8. The van der Waals surface area contributed by atoms with Gasteiger partial charge in [0.05, 0.1) is 13.2 Å². The van der Waals surface area contributed by atoms with E-state index in [2.05, 4.69) is 26.6 Å². The summed E-state index contributed by atoms with van der Waals surface area (Å²) >= 11 is 6.15. The number of aliphatic imine (C=N–C) groups is 1. The zero-order valence-electron chi connectivity index (χ0n) is 13.6. The van der Waals surface area contributed by atoms with Gasteiger partial charge in [-0.1, -0.05) is 29.8 Å². The number of hydrogen-bond acceptors (Lipinski definition) is 3. The van der Waals surface area contributed by atoms with Crippen molar-refractivity contribution in [2.24, 2.45) is 4.99 Å². The molecule has 1 aliphatic heterocycles. The smallest absolute Gasteiger partial charge is 0.191 e. The molecule has 5 nitrogen and oxygen atoms in total. The third-order valence-electron chi connectivity index (χ3n) is 3.69. The van der Waals surface area contributed by atoms with E-state index < -0.39 is 0 Å². The molecule has 130 valence electrons. The average molecular weight is 453 g/mol. The molecule has 0 bridgehead atoms. The molecule has 1 fully saturated rings. The van der Waals surface area contributed by atoms with Crippen molar-refractivity contribution in [3.8, 4) is 0 Å². The Hall–Kier alpha value is -0.570. The predicted octanol–water partition coefficient (Wildman–Crippen LogP) is 2.00. The molecule has 0 amide bonds. The number of rotatable bonds is 6. The van der Waals surface area contributed by atoms with Crippen LogP contribution >= 0.6 is 35.6 Å². The number of halogens is 2. The molecule has 0 aliphatic carbocycles. The Morgan fingerprint density at radius 3 is 2.61 bits per heavy atom. The topological polar surface area (TPSA) is 48.9 Å². The van der Waals surface area contributed by atoms with Crippen molar-refractivity contribution < 1.29 is 4.74 Å². The Bertz CT molecular complexity index is 481. The van der Waals surface area contributed by atoms with Gasteiger partial charge in [0.25, 0.3) is 0 Å². The van der Waals surface area contributed by atoms with Crippen molar-refractivity contribution in [3.63, 3.8) is 0 Å². The Kier molecular flexibility index (Phi) is 10.6. The SMILES string of the molecule is CN=C(NCCc1ccccc1Cl)NCCN1CCOCC1.I. The number of morpholine rings is 1. The maximum absolute atomic E-state index is 6.15.